The van der Waals surface area contributed by atoms with Crippen LogP contribution in [0.15, 0.2) is 47.4 Å². The third kappa shape index (κ3) is 4.90. The topological polar surface area (TPSA) is 75.3 Å². The average molecular weight is 360 g/mol. The number of aryl methyl sites for hydroxylation is 3. The number of anilines is 1. The number of hydrogen-bond acceptors (Lipinski definition) is 3. The molecule has 134 valence electrons. The van der Waals surface area contributed by atoms with E-state index in [0.29, 0.717) is 12.8 Å². The standard InChI is InChI=1S/C19H24N2O3S/c1-4-16-7-5-6-14(2)19(16)21-18(22)13-10-15-8-11-17(12-9-15)25(23,24)20-3/h5-9,11-12,20H,4,10,13H2,1-3H3,(H,21,22). The Balaban J connectivity index is 1.99. The summed E-state index contributed by atoms with van der Waals surface area (Å²) in [4.78, 5) is 12.5. The number of benzene rings is 2. The highest BCUT2D eigenvalue weighted by atomic mass is 32.2. The molecular weight excluding hydrogens is 336 g/mol. The van der Waals surface area contributed by atoms with Crippen molar-refractivity contribution in [1.82, 2.24) is 4.72 Å². The molecule has 6 heteroatoms. The maximum Gasteiger partial charge on any atom is 0.240 e. The van der Waals surface area contributed by atoms with Crippen molar-refractivity contribution >= 4 is 21.6 Å². The predicted molar refractivity (Wildman–Crippen MR) is 100 cm³/mol. The van der Waals surface area contributed by atoms with Crippen LogP contribution in [0.3, 0.4) is 0 Å². The van der Waals surface area contributed by atoms with Gasteiger partial charge in [0.2, 0.25) is 15.9 Å². The second kappa shape index (κ2) is 8.27. The molecule has 2 aromatic carbocycles. The van der Waals surface area contributed by atoms with Crippen LogP contribution < -0.4 is 10.0 Å². The van der Waals surface area contributed by atoms with Gasteiger partial charge >= 0.3 is 0 Å². The van der Waals surface area contributed by atoms with Gasteiger partial charge in [-0.1, -0.05) is 37.3 Å². The molecule has 0 atom stereocenters. The molecule has 0 saturated heterocycles. The number of nitrogens with one attached hydrogen (secondary N) is 2. The van der Waals surface area contributed by atoms with E-state index in [9.17, 15) is 13.2 Å². The van der Waals surface area contributed by atoms with Crippen LogP contribution in [-0.4, -0.2) is 21.4 Å². The monoisotopic (exact) mass is 360 g/mol. The normalized spacial score (nSPS) is 11.3. The highest BCUT2D eigenvalue weighted by Crippen LogP contribution is 2.21. The lowest BCUT2D eigenvalue weighted by atomic mass is 10.1. The van der Waals surface area contributed by atoms with E-state index in [1.165, 1.54) is 7.05 Å². The molecule has 0 aliphatic carbocycles. The minimum atomic E-state index is -3.43. The van der Waals surface area contributed by atoms with Crippen LogP contribution in [0, 0.1) is 6.92 Å². The number of carbonyl (C=O) groups excluding carboxylic acids is 1. The van der Waals surface area contributed by atoms with Crippen LogP contribution in [-0.2, 0) is 27.7 Å². The first-order valence-corrected chi connectivity index (χ1v) is 9.76. The Hall–Kier alpha value is -2.18. The zero-order valence-electron chi connectivity index (χ0n) is 14.8. The summed E-state index contributed by atoms with van der Waals surface area (Å²) in [5.41, 5.74) is 3.99. The van der Waals surface area contributed by atoms with Crippen LogP contribution in [0.1, 0.15) is 30.0 Å². The molecular formula is C19H24N2O3S. The maximum absolute atomic E-state index is 12.3. The van der Waals surface area contributed by atoms with Crippen LogP contribution in [0.5, 0.6) is 0 Å². The van der Waals surface area contributed by atoms with Crippen molar-refractivity contribution in [2.24, 2.45) is 0 Å². The van der Waals surface area contributed by atoms with Gasteiger partial charge in [-0.25, -0.2) is 13.1 Å². The van der Waals surface area contributed by atoms with Crippen molar-refractivity contribution in [2.75, 3.05) is 12.4 Å². The number of rotatable bonds is 7. The molecule has 0 aliphatic rings. The van der Waals surface area contributed by atoms with Crippen LogP contribution in [0.4, 0.5) is 5.69 Å². The molecule has 2 aromatic rings. The van der Waals surface area contributed by atoms with E-state index in [1.54, 1.807) is 24.3 Å². The Morgan fingerprint density at radius 1 is 1.08 bits per heavy atom. The summed E-state index contributed by atoms with van der Waals surface area (Å²) in [6.07, 6.45) is 1.76. The molecule has 0 radical (unpaired) electrons. The molecule has 0 spiro atoms. The molecule has 5 nitrogen and oxygen atoms in total. The second-order valence-electron chi connectivity index (χ2n) is 5.86. The summed E-state index contributed by atoms with van der Waals surface area (Å²) >= 11 is 0. The fourth-order valence-electron chi connectivity index (χ4n) is 2.61. The van der Waals surface area contributed by atoms with Crippen molar-refractivity contribution in [3.8, 4) is 0 Å². The highest BCUT2D eigenvalue weighted by molar-refractivity contribution is 7.89. The van der Waals surface area contributed by atoms with E-state index in [1.807, 2.05) is 25.1 Å². The zero-order chi connectivity index (χ0) is 18.4. The predicted octanol–water partition coefficient (Wildman–Crippen LogP) is 3.04. The fraction of sp³-hybridized carbons (Fsp3) is 0.316. The molecule has 0 saturated carbocycles. The van der Waals surface area contributed by atoms with E-state index in [2.05, 4.69) is 17.0 Å². The quantitative estimate of drug-likeness (QED) is 0.797. The van der Waals surface area contributed by atoms with Gasteiger partial charge < -0.3 is 5.32 Å². The number of amides is 1. The summed E-state index contributed by atoms with van der Waals surface area (Å²) in [6.45, 7) is 4.04. The molecule has 0 fully saturated rings. The first-order chi connectivity index (χ1) is 11.9. The van der Waals surface area contributed by atoms with E-state index < -0.39 is 10.0 Å². The smallest absolute Gasteiger partial charge is 0.240 e. The Labute approximate surface area is 149 Å². The zero-order valence-corrected chi connectivity index (χ0v) is 15.6. The fourth-order valence-corrected chi connectivity index (χ4v) is 3.35. The Morgan fingerprint density at radius 3 is 2.36 bits per heavy atom. The molecule has 25 heavy (non-hydrogen) atoms. The summed E-state index contributed by atoms with van der Waals surface area (Å²) < 4.78 is 25.7. The Morgan fingerprint density at radius 2 is 1.76 bits per heavy atom. The van der Waals surface area contributed by atoms with Gasteiger partial charge in [0, 0.05) is 12.1 Å². The van der Waals surface area contributed by atoms with Crippen LogP contribution >= 0.6 is 0 Å². The van der Waals surface area contributed by atoms with Crippen molar-refractivity contribution in [1.29, 1.82) is 0 Å². The minimum absolute atomic E-state index is 0.0454. The van der Waals surface area contributed by atoms with E-state index in [0.717, 1.165) is 28.8 Å². The van der Waals surface area contributed by atoms with Crippen molar-refractivity contribution < 1.29 is 13.2 Å². The van der Waals surface area contributed by atoms with Crippen LogP contribution in [0.25, 0.3) is 0 Å². The van der Waals surface area contributed by atoms with Gasteiger partial charge in [0.25, 0.3) is 0 Å². The highest BCUT2D eigenvalue weighted by Gasteiger charge is 2.12. The van der Waals surface area contributed by atoms with Crippen molar-refractivity contribution in [3.63, 3.8) is 0 Å². The lowest BCUT2D eigenvalue weighted by molar-refractivity contribution is -0.116. The lowest BCUT2D eigenvalue weighted by Crippen LogP contribution is -2.18. The van der Waals surface area contributed by atoms with Crippen molar-refractivity contribution in [2.45, 2.75) is 38.0 Å². The molecule has 0 aromatic heterocycles. The average Bonchev–Trinajstić information content (AvgIpc) is 2.62. The molecule has 0 bridgehead atoms. The van der Waals surface area contributed by atoms with Gasteiger partial charge in [-0.15, -0.1) is 0 Å². The van der Waals surface area contributed by atoms with Crippen molar-refractivity contribution in [3.05, 3.63) is 59.2 Å². The SMILES string of the molecule is CCc1cccc(C)c1NC(=O)CCc1ccc(S(=O)(=O)NC)cc1. The van der Waals surface area contributed by atoms with E-state index >= 15 is 0 Å². The largest absolute Gasteiger partial charge is 0.326 e. The van der Waals surface area contributed by atoms with Gasteiger partial charge in [0.05, 0.1) is 4.90 Å². The third-order valence-electron chi connectivity index (χ3n) is 4.15. The molecule has 0 aliphatic heterocycles. The third-order valence-corrected chi connectivity index (χ3v) is 5.58. The Bertz CT molecular complexity index is 843. The molecule has 1 amide bonds. The van der Waals surface area contributed by atoms with Crippen LogP contribution in [0.2, 0.25) is 0 Å². The van der Waals surface area contributed by atoms with E-state index in [-0.39, 0.29) is 10.8 Å². The van der Waals surface area contributed by atoms with Gasteiger partial charge in [0.1, 0.15) is 0 Å². The van der Waals surface area contributed by atoms with Gasteiger partial charge in [-0.2, -0.15) is 0 Å². The Kier molecular flexibility index (Phi) is 6.33. The summed E-state index contributed by atoms with van der Waals surface area (Å²) in [5.74, 6) is -0.0454. The minimum Gasteiger partial charge on any atom is -0.326 e. The molecule has 0 unspecified atom stereocenters. The summed E-state index contributed by atoms with van der Waals surface area (Å²) in [7, 11) is -2.05. The number of sulfonamides is 1. The number of carbonyl (C=O) groups is 1. The van der Waals surface area contributed by atoms with Gasteiger partial charge in [-0.05, 0) is 55.6 Å². The van der Waals surface area contributed by atoms with Gasteiger partial charge in [-0.3, -0.25) is 4.79 Å². The molecule has 2 rings (SSSR count). The number of para-hydroxylation sites is 1. The lowest BCUT2D eigenvalue weighted by Gasteiger charge is -2.13. The second-order valence-corrected chi connectivity index (χ2v) is 7.75. The van der Waals surface area contributed by atoms with Gasteiger partial charge in [0.15, 0.2) is 0 Å². The van der Waals surface area contributed by atoms with E-state index in [4.69, 9.17) is 0 Å². The maximum atomic E-state index is 12.3. The number of hydrogen-bond donors (Lipinski definition) is 2. The summed E-state index contributed by atoms with van der Waals surface area (Å²) in [6, 6.07) is 12.6. The molecule has 2 N–H and O–H groups in total. The summed E-state index contributed by atoms with van der Waals surface area (Å²) in [5, 5.41) is 3.00. The molecule has 0 heterocycles. The first kappa shape index (κ1) is 19.1. The first-order valence-electron chi connectivity index (χ1n) is 8.28.